The molecule has 0 bridgehead atoms. The van der Waals surface area contributed by atoms with E-state index in [1.54, 1.807) is 7.11 Å². The molecule has 1 aromatic rings. The maximum absolute atomic E-state index is 10.8. The van der Waals surface area contributed by atoms with Gasteiger partial charge in [0.2, 0.25) is 0 Å². The van der Waals surface area contributed by atoms with Gasteiger partial charge in [0.15, 0.2) is 0 Å². The number of ether oxygens (including phenoxy) is 3. The fourth-order valence-corrected chi connectivity index (χ4v) is 3.84. The predicted octanol–water partition coefficient (Wildman–Crippen LogP) is 2.40. The molecule has 2 aliphatic rings. The van der Waals surface area contributed by atoms with Crippen molar-refractivity contribution in [3.8, 4) is 5.75 Å². The van der Waals surface area contributed by atoms with Gasteiger partial charge in [0.1, 0.15) is 18.0 Å². The number of benzene rings is 1. The molecule has 1 unspecified atom stereocenters. The minimum atomic E-state index is -0.632. The van der Waals surface area contributed by atoms with Gasteiger partial charge in [0.05, 0.1) is 5.60 Å². The van der Waals surface area contributed by atoms with Crippen LogP contribution in [0.25, 0.3) is 0 Å². The number of methoxy groups -OCH3 is 1. The summed E-state index contributed by atoms with van der Waals surface area (Å²) in [5.41, 5.74) is 0.278. The van der Waals surface area contributed by atoms with Crippen molar-refractivity contribution >= 4 is 0 Å². The van der Waals surface area contributed by atoms with Gasteiger partial charge in [0.25, 0.3) is 0 Å². The van der Waals surface area contributed by atoms with Gasteiger partial charge in [-0.05, 0) is 38.4 Å². The Morgan fingerprint density at radius 1 is 1.16 bits per heavy atom. The third-order valence-corrected chi connectivity index (χ3v) is 5.52. The van der Waals surface area contributed by atoms with Gasteiger partial charge in [-0.15, -0.1) is 0 Å². The van der Waals surface area contributed by atoms with Crippen molar-refractivity contribution in [3.05, 3.63) is 29.8 Å². The van der Waals surface area contributed by atoms with Crippen molar-refractivity contribution in [2.24, 2.45) is 0 Å². The summed E-state index contributed by atoms with van der Waals surface area (Å²) in [5, 5.41) is 10.8. The maximum atomic E-state index is 10.8. The third kappa shape index (κ3) is 4.94. The standard InChI is InChI=1S/C20H31NO4/c1-17-4-6-18(7-5-17)25-16-20(23-2)8-3-11-21(15-20)14-19(22)9-12-24-13-10-19/h4-7,22H,3,8-16H2,1-2H3. The summed E-state index contributed by atoms with van der Waals surface area (Å²) in [5.74, 6) is 0.877. The molecule has 1 N–H and O–H groups in total. The average molecular weight is 349 g/mol. The lowest BCUT2D eigenvalue weighted by Gasteiger charge is -2.45. The van der Waals surface area contributed by atoms with E-state index in [1.807, 2.05) is 12.1 Å². The van der Waals surface area contributed by atoms with E-state index in [1.165, 1.54) is 5.56 Å². The molecule has 1 atom stereocenters. The fraction of sp³-hybridized carbons (Fsp3) is 0.700. The Labute approximate surface area is 150 Å². The van der Waals surface area contributed by atoms with E-state index in [2.05, 4.69) is 24.0 Å². The topological polar surface area (TPSA) is 51.2 Å². The fourth-order valence-electron chi connectivity index (χ4n) is 3.84. The van der Waals surface area contributed by atoms with Crippen molar-refractivity contribution < 1.29 is 19.3 Å². The lowest BCUT2D eigenvalue weighted by Crippen LogP contribution is -2.57. The molecule has 0 aromatic heterocycles. The highest BCUT2D eigenvalue weighted by molar-refractivity contribution is 5.26. The first-order chi connectivity index (χ1) is 12.0. The Morgan fingerprint density at radius 3 is 2.56 bits per heavy atom. The summed E-state index contributed by atoms with van der Waals surface area (Å²) in [6.07, 6.45) is 3.46. The molecule has 0 saturated carbocycles. The van der Waals surface area contributed by atoms with Crippen LogP contribution in [0.2, 0.25) is 0 Å². The van der Waals surface area contributed by atoms with Crippen LogP contribution in [-0.4, -0.2) is 67.8 Å². The Morgan fingerprint density at radius 2 is 1.88 bits per heavy atom. The van der Waals surface area contributed by atoms with Gasteiger partial charge in [-0.2, -0.15) is 0 Å². The van der Waals surface area contributed by atoms with E-state index in [0.717, 1.165) is 31.7 Å². The number of aliphatic hydroxyl groups is 1. The Hall–Kier alpha value is -1.14. The van der Waals surface area contributed by atoms with E-state index in [0.29, 0.717) is 39.2 Å². The van der Waals surface area contributed by atoms with E-state index < -0.39 is 5.60 Å². The molecule has 25 heavy (non-hydrogen) atoms. The van der Waals surface area contributed by atoms with Crippen LogP contribution >= 0.6 is 0 Å². The lowest BCUT2D eigenvalue weighted by molar-refractivity contribution is -0.120. The molecule has 0 radical (unpaired) electrons. The summed E-state index contributed by atoms with van der Waals surface area (Å²) in [6.45, 7) is 6.38. The van der Waals surface area contributed by atoms with Gasteiger partial charge in [-0.3, -0.25) is 4.90 Å². The van der Waals surface area contributed by atoms with E-state index in [-0.39, 0.29) is 5.60 Å². The van der Waals surface area contributed by atoms with Crippen LogP contribution in [0.15, 0.2) is 24.3 Å². The SMILES string of the molecule is COC1(COc2ccc(C)cc2)CCCN(CC2(O)CCOCC2)C1. The van der Waals surface area contributed by atoms with Gasteiger partial charge in [-0.25, -0.2) is 0 Å². The van der Waals surface area contributed by atoms with Crippen molar-refractivity contribution in [3.63, 3.8) is 0 Å². The molecule has 0 aliphatic carbocycles. The monoisotopic (exact) mass is 349 g/mol. The molecule has 140 valence electrons. The Kier molecular flexibility index (Phi) is 6.00. The third-order valence-electron chi connectivity index (χ3n) is 5.52. The zero-order valence-electron chi connectivity index (χ0n) is 15.5. The zero-order chi connectivity index (χ0) is 17.8. The van der Waals surface area contributed by atoms with Crippen molar-refractivity contribution in [2.75, 3.05) is 46.6 Å². The van der Waals surface area contributed by atoms with Crippen LogP contribution in [-0.2, 0) is 9.47 Å². The normalized spacial score (nSPS) is 27.2. The molecule has 0 spiro atoms. The number of rotatable bonds is 6. The van der Waals surface area contributed by atoms with Crippen molar-refractivity contribution in [2.45, 2.75) is 43.8 Å². The lowest BCUT2D eigenvalue weighted by atomic mass is 9.89. The molecule has 2 heterocycles. The van der Waals surface area contributed by atoms with Crippen molar-refractivity contribution in [1.29, 1.82) is 0 Å². The number of aryl methyl sites for hydroxylation is 1. The summed E-state index contributed by atoms with van der Waals surface area (Å²) in [7, 11) is 1.77. The number of nitrogens with zero attached hydrogens (tertiary/aromatic N) is 1. The first kappa shape index (κ1) is 18.6. The zero-order valence-corrected chi connectivity index (χ0v) is 15.5. The number of β-amino-alcohol motifs (C(OH)–C–C–N with tert-alkyl or cyclic N) is 1. The van der Waals surface area contributed by atoms with Gasteiger partial charge in [0, 0.05) is 46.3 Å². The Bertz CT molecular complexity index is 541. The van der Waals surface area contributed by atoms with Gasteiger partial charge >= 0.3 is 0 Å². The minimum Gasteiger partial charge on any atom is -0.491 e. The van der Waals surface area contributed by atoms with Crippen LogP contribution in [0.3, 0.4) is 0 Å². The molecule has 5 nitrogen and oxygen atoms in total. The summed E-state index contributed by atoms with van der Waals surface area (Å²) >= 11 is 0. The molecule has 2 fully saturated rings. The number of likely N-dealkylation sites (tertiary alicyclic amines) is 1. The summed E-state index contributed by atoms with van der Waals surface area (Å²) in [6, 6.07) is 8.12. The second-order valence-electron chi connectivity index (χ2n) is 7.64. The number of piperidine rings is 1. The largest absolute Gasteiger partial charge is 0.491 e. The minimum absolute atomic E-state index is 0.315. The molecule has 2 saturated heterocycles. The van der Waals surface area contributed by atoms with Crippen LogP contribution < -0.4 is 4.74 Å². The van der Waals surface area contributed by atoms with Gasteiger partial charge in [-0.1, -0.05) is 17.7 Å². The second-order valence-corrected chi connectivity index (χ2v) is 7.64. The van der Waals surface area contributed by atoms with E-state index >= 15 is 0 Å². The van der Waals surface area contributed by atoms with Crippen LogP contribution in [0.5, 0.6) is 5.75 Å². The maximum Gasteiger partial charge on any atom is 0.119 e. The molecular formula is C20H31NO4. The molecule has 5 heteroatoms. The van der Waals surface area contributed by atoms with Gasteiger partial charge < -0.3 is 19.3 Å². The summed E-state index contributed by atoms with van der Waals surface area (Å²) < 4.78 is 17.3. The first-order valence-corrected chi connectivity index (χ1v) is 9.30. The molecule has 0 amide bonds. The highest BCUT2D eigenvalue weighted by Crippen LogP contribution is 2.29. The second kappa shape index (κ2) is 8.04. The van der Waals surface area contributed by atoms with E-state index in [9.17, 15) is 5.11 Å². The van der Waals surface area contributed by atoms with Crippen LogP contribution in [0, 0.1) is 6.92 Å². The molecule has 3 rings (SSSR count). The average Bonchev–Trinajstić information content (AvgIpc) is 2.62. The first-order valence-electron chi connectivity index (χ1n) is 9.30. The Balaban J connectivity index is 1.59. The van der Waals surface area contributed by atoms with Crippen molar-refractivity contribution in [1.82, 2.24) is 4.90 Å². The molecule has 1 aromatic carbocycles. The number of hydrogen-bond donors (Lipinski definition) is 1. The predicted molar refractivity (Wildman–Crippen MR) is 97.1 cm³/mol. The highest BCUT2D eigenvalue weighted by atomic mass is 16.5. The van der Waals surface area contributed by atoms with E-state index in [4.69, 9.17) is 14.2 Å². The summed E-state index contributed by atoms with van der Waals surface area (Å²) in [4.78, 5) is 2.33. The smallest absolute Gasteiger partial charge is 0.119 e. The number of hydrogen-bond acceptors (Lipinski definition) is 5. The quantitative estimate of drug-likeness (QED) is 0.855. The molecular weight excluding hydrogens is 318 g/mol. The highest BCUT2D eigenvalue weighted by Gasteiger charge is 2.40. The van der Waals surface area contributed by atoms with Crippen LogP contribution in [0.1, 0.15) is 31.2 Å². The molecule has 2 aliphatic heterocycles. The van der Waals surface area contributed by atoms with Crippen LogP contribution in [0.4, 0.5) is 0 Å².